The van der Waals surface area contributed by atoms with Crippen molar-refractivity contribution in [3.8, 4) is 0 Å². The molecule has 0 fully saturated rings. The molecular formula is C16H13NO4S. The molecule has 2 aromatic heterocycles. The molecule has 1 unspecified atom stereocenters. The molecule has 1 aliphatic heterocycles. The van der Waals surface area contributed by atoms with Gasteiger partial charge < -0.3 is 14.4 Å². The SMILES string of the molecule is C=CCN1C(=O)C(O)=C(C(=O)c2ccco2)C1c1cccs1. The summed E-state index contributed by atoms with van der Waals surface area (Å²) in [6.45, 7) is 3.86. The van der Waals surface area contributed by atoms with Crippen LogP contribution in [0.1, 0.15) is 21.5 Å². The van der Waals surface area contributed by atoms with Crippen LogP contribution in [0, 0.1) is 0 Å². The first kappa shape index (κ1) is 14.3. The van der Waals surface area contributed by atoms with Crippen molar-refractivity contribution in [1.29, 1.82) is 0 Å². The molecule has 0 saturated heterocycles. The molecule has 0 aromatic carbocycles. The lowest BCUT2D eigenvalue weighted by Gasteiger charge is -2.23. The zero-order chi connectivity index (χ0) is 15.7. The molecule has 2 aromatic rings. The fourth-order valence-corrected chi connectivity index (χ4v) is 3.34. The summed E-state index contributed by atoms with van der Waals surface area (Å²) in [5, 5.41) is 12.0. The molecule has 0 bridgehead atoms. The van der Waals surface area contributed by atoms with Crippen LogP contribution in [0.4, 0.5) is 0 Å². The van der Waals surface area contributed by atoms with Crippen molar-refractivity contribution in [1.82, 2.24) is 4.90 Å². The summed E-state index contributed by atoms with van der Waals surface area (Å²) in [6.07, 6.45) is 2.94. The number of rotatable bonds is 5. The third kappa shape index (κ3) is 2.17. The van der Waals surface area contributed by atoms with Gasteiger partial charge in [-0.2, -0.15) is 0 Å². The fourth-order valence-electron chi connectivity index (χ4n) is 2.50. The number of nitrogens with zero attached hydrogens (tertiary/aromatic N) is 1. The third-order valence-electron chi connectivity index (χ3n) is 3.43. The van der Waals surface area contributed by atoms with Crippen LogP contribution in [-0.2, 0) is 4.79 Å². The number of aliphatic hydroxyl groups excluding tert-OH is 1. The molecule has 0 aliphatic carbocycles. The van der Waals surface area contributed by atoms with Crippen LogP contribution in [0.15, 0.2) is 64.3 Å². The number of hydrogen-bond donors (Lipinski definition) is 1. The first-order chi connectivity index (χ1) is 10.6. The largest absolute Gasteiger partial charge is 0.503 e. The maximum atomic E-state index is 12.6. The lowest BCUT2D eigenvalue weighted by atomic mass is 10.0. The molecule has 1 aliphatic rings. The summed E-state index contributed by atoms with van der Waals surface area (Å²) < 4.78 is 5.11. The predicted octanol–water partition coefficient (Wildman–Crippen LogP) is 3.11. The molecule has 5 nitrogen and oxygen atoms in total. The molecule has 6 heteroatoms. The monoisotopic (exact) mass is 315 g/mol. The molecule has 3 rings (SSSR count). The lowest BCUT2D eigenvalue weighted by Crippen LogP contribution is -2.30. The molecule has 22 heavy (non-hydrogen) atoms. The Morgan fingerprint density at radius 1 is 1.45 bits per heavy atom. The average molecular weight is 315 g/mol. The van der Waals surface area contributed by atoms with Crippen LogP contribution in [-0.4, -0.2) is 28.2 Å². The quantitative estimate of drug-likeness (QED) is 0.680. The normalized spacial score (nSPS) is 18.1. The number of carbonyl (C=O) groups is 2. The van der Waals surface area contributed by atoms with Gasteiger partial charge in [0.15, 0.2) is 11.5 Å². The summed E-state index contributed by atoms with van der Waals surface area (Å²) in [5.41, 5.74) is 0.0456. The molecule has 0 radical (unpaired) electrons. The number of amides is 1. The third-order valence-corrected chi connectivity index (χ3v) is 4.36. The van der Waals surface area contributed by atoms with Gasteiger partial charge in [0.25, 0.3) is 5.91 Å². The van der Waals surface area contributed by atoms with E-state index in [1.54, 1.807) is 12.1 Å². The Bertz CT molecular complexity index is 743. The highest BCUT2D eigenvalue weighted by molar-refractivity contribution is 7.10. The highest BCUT2D eigenvalue weighted by Gasteiger charge is 2.44. The van der Waals surface area contributed by atoms with Crippen LogP contribution in [0.2, 0.25) is 0 Å². The number of aliphatic hydroxyl groups is 1. The van der Waals surface area contributed by atoms with E-state index in [0.29, 0.717) is 0 Å². The molecule has 3 heterocycles. The van der Waals surface area contributed by atoms with E-state index in [4.69, 9.17) is 4.42 Å². The van der Waals surface area contributed by atoms with Gasteiger partial charge in [0, 0.05) is 11.4 Å². The van der Waals surface area contributed by atoms with Crippen molar-refractivity contribution in [3.05, 3.63) is 70.5 Å². The second kappa shape index (κ2) is 5.65. The van der Waals surface area contributed by atoms with Gasteiger partial charge in [-0.05, 0) is 23.6 Å². The second-order valence-electron chi connectivity index (χ2n) is 4.73. The van der Waals surface area contributed by atoms with E-state index in [9.17, 15) is 14.7 Å². The summed E-state index contributed by atoms with van der Waals surface area (Å²) in [7, 11) is 0. The number of furan rings is 1. The van der Waals surface area contributed by atoms with Crippen molar-refractivity contribution in [3.63, 3.8) is 0 Å². The minimum absolute atomic E-state index is 0.0456. The zero-order valence-corrected chi connectivity index (χ0v) is 12.4. The van der Waals surface area contributed by atoms with Crippen LogP contribution < -0.4 is 0 Å². The number of carbonyl (C=O) groups excluding carboxylic acids is 2. The van der Waals surface area contributed by atoms with Gasteiger partial charge in [0.05, 0.1) is 11.8 Å². The second-order valence-corrected chi connectivity index (χ2v) is 5.71. The minimum atomic E-state index is -0.622. The Morgan fingerprint density at radius 3 is 2.86 bits per heavy atom. The lowest BCUT2D eigenvalue weighted by molar-refractivity contribution is -0.128. The van der Waals surface area contributed by atoms with Crippen LogP contribution in [0.3, 0.4) is 0 Å². The fraction of sp³-hybridized carbons (Fsp3) is 0.125. The molecular weight excluding hydrogens is 302 g/mol. The Morgan fingerprint density at radius 2 is 2.27 bits per heavy atom. The maximum absolute atomic E-state index is 12.6. The smallest absolute Gasteiger partial charge is 0.290 e. The van der Waals surface area contributed by atoms with Crippen LogP contribution in [0.25, 0.3) is 0 Å². The van der Waals surface area contributed by atoms with Crippen molar-refractivity contribution < 1.29 is 19.1 Å². The molecule has 0 saturated carbocycles. The van der Waals surface area contributed by atoms with Gasteiger partial charge in [-0.3, -0.25) is 9.59 Å². The van der Waals surface area contributed by atoms with Crippen molar-refractivity contribution in [2.24, 2.45) is 0 Å². The molecule has 0 spiro atoms. The Kier molecular flexibility index (Phi) is 3.68. The first-order valence-corrected chi connectivity index (χ1v) is 7.49. The molecule has 1 atom stereocenters. The average Bonchev–Trinajstić information content (AvgIpc) is 3.24. The topological polar surface area (TPSA) is 70.8 Å². The van der Waals surface area contributed by atoms with E-state index in [1.165, 1.54) is 28.6 Å². The van der Waals surface area contributed by atoms with Crippen LogP contribution in [0.5, 0.6) is 0 Å². The van der Waals surface area contributed by atoms with Gasteiger partial charge in [-0.15, -0.1) is 17.9 Å². The van der Waals surface area contributed by atoms with E-state index in [1.807, 2.05) is 17.5 Å². The Labute approximate surface area is 130 Å². The van der Waals surface area contributed by atoms with Gasteiger partial charge in [-0.25, -0.2) is 0 Å². The van der Waals surface area contributed by atoms with E-state index in [-0.39, 0.29) is 17.9 Å². The summed E-state index contributed by atoms with van der Waals surface area (Å²) >= 11 is 1.42. The molecule has 1 amide bonds. The predicted molar refractivity (Wildman–Crippen MR) is 81.7 cm³/mol. The highest BCUT2D eigenvalue weighted by Crippen LogP contribution is 2.40. The minimum Gasteiger partial charge on any atom is -0.503 e. The van der Waals surface area contributed by atoms with Crippen molar-refractivity contribution in [2.75, 3.05) is 6.54 Å². The summed E-state index contributed by atoms with van der Waals surface area (Å²) in [4.78, 5) is 27.1. The van der Waals surface area contributed by atoms with Gasteiger partial charge in [0.1, 0.15) is 6.04 Å². The molecule has 1 N–H and O–H groups in total. The first-order valence-electron chi connectivity index (χ1n) is 6.61. The van der Waals surface area contributed by atoms with Gasteiger partial charge in [0.2, 0.25) is 5.78 Å². The number of thiophene rings is 1. The van der Waals surface area contributed by atoms with Gasteiger partial charge >= 0.3 is 0 Å². The summed E-state index contributed by atoms with van der Waals surface area (Å²) in [5.74, 6) is -1.49. The van der Waals surface area contributed by atoms with Crippen LogP contribution >= 0.6 is 11.3 Å². The van der Waals surface area contributed by atoms with Gasteiger partial charge in [-0.1, -0.05) is 12.1 Å². The highest BCUT2D eigenvalue weighted by atomic mass is 32.1. The van der Waals surface area contributed by atoms with E-state index < -0.39 is 23.5 Å². The standard InChI is InChI=1S/C16H13NO4S/c1-2-7-17-13(11-6-4-9-22-11)12(15(19)16(17)20)14(18)10-5-3-8-21-10/h2-6,8-9,13,19H,1,7H2. The van der Waals surface area contributed by atoms with E-state index in [2.05, 4.69) is 6.58 Å². The van der Waals surface area contributed by atoms with Crippen molar-refractivity contribution >= 4 is 23.0 Å². The number of ketones is 1. The number of hydrogen-bond acceptors (Lipinski definition) is 5. The van der Waals surface area contributed by atoms with Crippen molar-refractivity contribution in [2.45, 2.75) is 6.04 Å². The van der Waals surface area contributed by atoms with E-state index in [0.717, 1.165) is 4.88 Å². The Hall–Kier alpha value is -2.60. The summed E-state index contributed by atoms with van der Waals surface area (Å²) in [6, 6.07) is 6.13. The maximum Gasteiger partial charge on any atom is 0.290 e. The molecule has 112 valence electrons. The van der Waals surface area contributed by atoms with E-state index >= 15 is 0 Å². The zero-order valence-electron chi connectivity index (χ0n) is 11.6. The number of Topliss-reactive ketones (excluding diaryl/α,β-unsaturated/α-hetero) is 1. The Balaban J connectivity index is 2.10.